The van der Waals surface area contributed by atoms with Gasteiger partial charge in [-0.1, -0.05) is 30.3 Å². The summed E-state index contributed by atoms with van der Waals surface area (Å²) in [5, 5.41) is 5.79. The van der Waals surface area contributed by atoms with E-state index in [4.69, 9.17) is 14.2 Å². The van der Waals surface area contributed by atoms with Crippen molar-refractivity contribution in [3.8, 4) is 28.5 Å². The van der Waals surface area contributed by atoms with Crippen LogP contribution in [0.4, 0.5) is 0 Å². The van der Waals surface area contributed by atoms with E-state index in [-0.39, 0.29) is 11.9 Å². The third kappa shape index (κ3) is 3.94. The van der Waals surface area contributed by atoms with E-state index in [0.717, 1.165) is 16.3 Å². The highest BCUT2D eigenvalue weighted by molar-refractivity contribution is 7.10. The number of carbonyl (C=O) groups excluding carboxylic acids is 1. The summed E-state index contributed by atoms with van der Waals surface area (Å²) in [5.41, 5.74) is 2.31. The Balaban J connectivity index is 1.81. The molecular weight excluding hydrogens is 376 g/mol. The molecule has 0 aliphatic rings. The molecule has 0 radical (unpaired) electrons. The van der Waals surface area contributed by atoms with Crippen molar-refractivity contribution in [1.29, 1.82) is 0 Å². The Kier molecular flexibility index (Phi) is 6.16. The molecule has 1 unspecified atom stereocenters. The van der Waals surface area contributed by atoms with E-state index in [0.29, 0.717) is 22.8 Å². The van der Waals surface area contributed by atoms with E-state index in [9.17, 15) is 4.79 Å². The molecule has 3 rings (SSSR count). The van der Waals surface area contributed by atoms with Gasteiger partial charge in [-0.25, -0.2) is 4.98 Å². The second-order valence-electron chi connectivity index (χ2n) is 6.01. The number of aromatic nitrogens is 1. The Hall–Kier alpha value is -3.06. The largest absolute Gasteiger partial charge is 0.493 e. The van der Waals surface area contributed by atoms with Gasteiger partial charge in [0, 0.05) is 10.9 Å². The molecule has 1 N–H and O–H groups in total. The molecule has 28 heavy (non-hydrogen) atoms. The van der Waals surface area contributed by atoms with Gasteiger partial charge in [0.25, 0.3) is 5.91 Å². The van der Waals surface area contributed by atoms with E-state index in [1.54, 1.807) is 12.1 Å². The molecular formula is C21H22N2O4S. The van der Waals surface area contributed by atoms with Crippen molar-refractivity contribution < 1.29 is 19.0 Å². The predicted molar refractivity (Wildman–Crippen MR) is 110 cm³/mol. The van der Waals surface area contributed by atoms with Crippen molar-refractivity contribution >= 4 is 17.2 Å². The topological polar surface area (TPSA) is 69.7 Å². The van der Waals surface area contributed by atoms with Gasteiger partial charge in [0.15, 0.2) is 11.5 Å². The van der Waals surface area contributed by atoms with Crippen LogP contribution in [-0.4, -0.2) is 32.2 Å². The average Bonchev–Trinajstić information content (AvgIpc) is 3.23. The van der Waals surface area contributed by atoms with Crippen LogP contribution in [0.3, 0.4) is 0 Å². The molecule has 0 bridgehead atoms. The Morgan fingerprint density at radius 2 is 1.71 bits per heavy atom. The molecule has 2 aromatic carbocycles. The number of methoxy groups -OCH3 is 3. The molecule has 0 saturated carbocycles. The number of benzene rings is 2. The summed E-state index contributed by atoms with van der Waals surface area (Å²) >= 11 is 1.51. The lowest BCUT2D eigenvalue weighted by molar-refractivity contribution is 0.0936. The first-order valence-corrected chi connectivity index (χ1v) is 9.57. The van der Waals surface area contributed by atoms with Crippen LogP contribution in [0.25, 0.3) is 11.3 Å². The van der Waals surface area contributed by atoms with Crippen molar-refractivity contribution in [2.24, 2.45) is 0 Å². The van der Waals surface area contributed by atoms with Gasteiger partial charge in [-0.05, 0) is 19.1 Å². The standard InChI is InChI=1S/C21H22N2O4S/c1-13(21-23-16(12-28-21)14-8-6-5-7-9-14)22-20(24)15-10-11-17(25-2)19(27-4)18(15)26-3/h5-13H,1-4H3,(H,22,24). The van der Waals surface area contributed by atoms with Gasteiger partial charge in [-0.3, -0.25) is 4.79 Å². The van der Waals surface area contributed by atoms with Crippen molar-refractivity contribution in [1.82, 2.24) is 10.3 Å². The van der Waals surface area contributed by atoms with Crippen molar-refractivity contribution in [2.75, 3.05) is 21.3 Å². The van der Waals surface area contributed by atoms with Crippen LogP contribution in [0.15, 0.2) is 47.8 Å². The molecule has 7 heteroatoms. The number of ether oxygens (including phenoxy) is 3. The number of carbonyl (C=O) groups is 1. The molecule has 1 amide bonds. The normalized spacial score (nSPS) is 11.6. The molecule has 3 aromatic rings. The number of hydrogen-bond donors (Lipinski definition) is 1. The maximum absolute atomic E-state index is 12.8. The van der Waals surface area contributed by atoms with Gasteiger partial charge in [0.1, 0.15) is 5.01 Å². The maximum atomic E-state index is 12.8. The molecule has 0 spiro atoms. The average molecular weight is 398 g/mol. The molecule has 1 atom stereocenters. The van der Waals surface area contributed by atoms with Crippen LogP contribution < -0.4 is 19.5 Å². The first-order chi connectivity index (χ1) is 13.6. The SMILES string of the molecule is COc1ccc(C(=O)NC(C)c2nc(-c3ccccc3)cs2)c(OC)c1OC. The van der Waals surface area contributed by atoms with E-state index < -0.39 is 0 Å². The van der Waals surface area contributed by atoms with Gasteiger partial charge in [0.05, 0.1) is 38.6 Å². The monoisotopic (exact) mass is 398 g/mol. The molecule has 0 aliphatic carbocycles. The summed E-state index contributed by atoms with van der Waals surface area (Å²) in [5.74, 6) is 0.930. The summed E-state index contributed by atoms with van der Waals surface area (Å²) in [6.45, 7) is 1.90. The van der Waals surface area contributed by atoms with Crippen LogP contribution in [0.5, 0.6) is 17.2 Å². The summed E-state index contributed by atoms with van der Waals surface area (Å²) in [4.78, 5) is 17.5. The molecule has 6 nitrogen and oxygen atoms in total. The Labute approximate surface area is 168 Å². The van der Waals surface area contributed by atoms with Crippen LogP contribution in [0.2, 0.25) is 0 Å². The fourth-order valence-corrected chi connectivity index (χ4v) is 3.68. The first-order valence-electron chi connectivity index (χ1n) is 8.69. The number of nitrogens with one attached hydrogen (secondary N) is 1. The molecule has 146 valence electrons. The predicted octanol–water partition coefficient (Wildman–Crippen LogP) is 4.33. The quantitative estimate of drug-likeness (QED) is 0.642. The minimum atomic E-state index is -0.276. The molecule has 0 aliphatic heterocycles. The smallest absolute Gasteiger partial charge is 0.255 e. The Morgan fingerprint density at radius 1 is 1.00 bits per heavy atom. The van der Waals surface area contributed by atoms with Gasteiger partial charge in [-0.2, -0.15) is 0 Å². The summed E-state index contributed by atoms with van der Waals surface area (Å²) < 4.78 is 16.0. The van der Waals surface area contributed by atoms with Gasteiger partial charge in [-0.15, -0.1) is 11.3 Å². The maximum Gasteiger partial charge on any atom is 0.255 e. The highest BCUT2D eigenvalue weighted by atomic mass is 32.1. The zero-order chi connectivity index (χ0) is 20.1. The highest BCUT2D eigenvalue weighted by Crippen LogP contribution is 2.39. The Bertz CT molecular complexity index is 956. The first kappa shape index (κ1) is 19.7. The fourth-order valence-electron chi connectivity index (χ4n) is 2.84. The molecule has 0 fully saturated rings. The lowest BCUT2D eigenvalue weighted by Crippen LogP contribution is -2.27. The number of nitrogens with zero attached hydrogens (tertiary/aromatic N) is 1. The van der Waals surface area contributed by atoms with Crippen molar-refractivity contribution in [3.05, 3.63) is 58.4 Å². The van der Waals surface area contributed by atoms with Gasteiger partial charge in [0.2, 0.25) is 5.75 Å². The van der Waals surface area contributed by atoms with Crippen LogP contribution in [0, 0.1) is 0 Å². The minimum Gasteiger partial charge on any atom is -0.493 e. The fraction of sp³-hybridized carbons (Fsp3) is 0.238. The van der Waals surface area contributed by atoms with Crippen LogP contribution in [0.1, 0.15) is 28.3 Å². The second-order valence-corrected chi connectivity index (χ2v) is 6.90. The summed E-state index contributed by atoms with van der Waals surface area (Å²) in [6.07, 6.45) is 0. The van der Waals surface area contributed by atoms with E-state index in [1.165, 1.54) is 32.7 Å². The lowest BCUT2D eigenvalue weighted by atomic mass is 10.1. The number of rotatable bonds is 7. The minimum absolute atomic E-state index is 0.257. The number of amides is 1. The van der Waals surface area contributed by atoms with Crippen LogP contribution in [-0.2, 0) is 0 Å². The lowest BCUT2D eigenvalue weighted by Gasteiger charge is -2.17. The zero-order valence-corrected chi connectivity index (χ0v) is 17.0. The second kappa shape index (κ2) is 8.75. The van der Waals surface area contributed by atoms with Gasteiger partial charge < -0.3 is 19.5 Å². The Morgan fingerprint density at radius 3 is 2.36 bits per heavy atom. The van der Waals surface area contributed by atoms with E-state index in [2.05, 4.69) is 10.3 Å². The molecule has 1 aromatic heterocycles. The number of hydrogen-bond acceptors (Lipinski definition) is 6. The summed E-state index contributed by atoms with van der Waals surface area (Å²) in [6, 6.07) is 13.0. The van der Waals surface area contributed by atoms with Crippen molar-refractivity contribution in [3.63, 3.8) is 0 Å². The molecule has 1 heterocycles. The van der Waals surface area contributed by atoms with E-state index >= 15 is 0 Å². The highest BCUT2D eigenvalue weighted by Gasteiger charge is 2.22. The zero-order valence-electron chi connectivity index (χ0n) is 16.2. The summed E-state index contributed by atoms with van der Waals surface area (Å²) in [7, 11) is 4.53. The van der Waals surface area contributed by atoms with Gasteiger partial charge >= 0.3 is 0 Å². The molecule has 0 saturated heterocycles. The third-order valence-electron chi connectivity index (χ3n) is 4.26. The number of thiazole rings is 1. The van der Waals surface area contributed by atoms with E-state index in [1.807, 2.05) is 42.6 Å². The third-order valence-corrected chi connectivity index (χ3v) is 5.29. The van der Waals surface area contributed by atoms with Crippen molar-refractivity contribution in [2.45, 2.75) is 13.0 Å². The van der Waals surface area contributed by atoms with Crippen LogP contribution >= 0.6 is 11.3 Å².